The molecule has 0 aliphatic carbocycles. The Morgan fingerprint density at radius 1 is 1.35 bits per heavy atom. The molecule has 3 rings (SSSR count). The van der Waals surface area contributed by atoms with E-state index < -0.39 is 0 Å². The highest BCUT2D eigenvalue weighted by Crippen LogP contribution is 2.17. The molecule has 1 N–H and O–H groups in total. The molecule has 1 aromatic carbocycles. The molecule has 0 spiro atoms. The fraction of sp³-hybridized carbons (Fsp3) is 0.462. The topological polar surface area (TPSA) is 47.3 Å². The molecule has 0 amide bonds. The van der Waals surface area contributed by atoms with Crippen molar-refractivity contribution in [3.63, 3.8) is 0 Å². The number of nitrogens with zero attached hydrogens (tertiary/aromatic N) is 1. The van der Waals surface area contributed by atoms with Gasteiger partial charge >= 0.3 is 0 Å². The lowest BCUT2D eigenvalue weighted by molar-refractivity contribution is 0.110. The summed E-state index contributed by atoms with van der Waals surface area (Å²) < 4.78 is 10.8. The van der Waals surface area contributed by atoms with Gasteiger partial charge in [0.25, 0.3) is 0 Å². The first-order valence-corrected chi connectivity index (χ1v) is 6.09. The Morgan fingerprint density at radius 2 is 2.29 bits per heavy atom. The highest BCUT2D eigenvalue weighted by molar-refractivity contribution is 5.79. The maximum Gasteiger partial charge on any atom is 0.167 e. The van der Waals surface area contributed by atoms with Gasteiger partial charge in [0, 0.05) is 25.1 Å². The minimum absolute atomic E-state index is 0.369. The van der Waals surface area contributed by atoms with Crippen molar-refractivity contribution in [2.45, 2.75) is 25.5 Å². The zero-order valence-electron chi connectivity index (χ0n) is 9.69. The van der Waals surface area contributed by atoms with Crippen LogP contribution in [0, 0.1) is 0 Å². The van der Waals surface area contributed by atoms with Crippen LogP contribution in [0.2, 0.25) is 0 Å². The summed E-state index contributed by atoms with van der Waals surface area (Å²) in [6.45, 7) is 2.53. The van der Waals surface area contributed by atoms with Gasteiger partial charge in [-0.25, -0.2) is 0 Å². The summed E-state index contributed by atoms with van der Waals surface area (Å²) in [6.07, 6.45) is 2.71. The second kappa shape index (κ2) is 4.85. The second-order valence-corrected chi connectivity index (χ2v) is 4.39. The molecule has 1 atom stereocenters. The molecule has 0 radical (unpaired) electrons. The van der Waals surface area contributed by atoms with Crippen LogP contribution in [0.1, 0.15) is 18.5 Å². The maximum absolute atomic E-state index is 5.55. The van der Waals surface area contributed by atoms with E-state index in [0.717, 1.165) is 42.8 Å². The second-order valence-electron chi connectivity index (χ2n) is 4.39. The van der Waals surface area contributed by atoms with E-state index in [0.29, 0.717) is 6.10 Å². The van der Waals surface area contributed by atoms with Crippen LogP contribution >= 0.6 is 0 Å². The van der Waals surface area contributed by atoms with Crippen LogP contribution in [-0.4, -0.2) is 24.4 Å². The molecule has 90 valence electrons. The van der Waals surface area contributed by atoms with Crippen molar-refractivity contribution < 1.29 is 9.26 Å². The molecule has 2 heterocycles. The first-order valence-electron chi connectivity index (χ1n) is 6.09. The Bertz CT molecular complexity index is 489. The van der Waals surface area contributed by atoms with Gasteiger partial charge in [0.1, 0.15) is 5.69 Å². The number of hydrogen-bond acceptors (Lipinski definition) is 4. The van der Waals surface area contributed by atoms with Gasteiger partial charge in [0.2, 0.25) is 0 Å². The number of fused-ring (bicyclic) bond motifs is 1. The van der Waals surface area contributed by atoms with Crippen molar-refractivity contribution in [2.75, 3.05) is 13.2 Å². The Morgan fingerprint density at radius 3 is 3.18 bits per heavy atom. The van der Waals surface area contributed by atoms with Crippen molar-refractivity contribution in [2.24, 2.45) is 0 Å². The van der Waals surface area contributed by atoms with E-state index in [1.165, 1.54) is 6.42 Å². The largest absolute Gasteiger partial charge is 0.377 e. The van der Waals surface area contributed by atoms with Gasteiger partial charge in [-0.1, -0.05) is 17.3 Å². The highest BCUT2D eigenvalue weighted by atomic mass is 16.5. The Labute approximate surface area is 99.9 Å². The zero-order valence-corrected chi connectivity index (χ0v) is 9.69. The third kappa shape index (κ3) is 2.33. The van der Waals surface area contributed by atoms with Crippen molar-refractivity contribution in [1.29, 1.82) is 0 Å². The first kappa shape index (κ1) is 10.7. The molecule has 1 unspecified atom stereocenters. The summed E-state index contributed by atoms with van der Waals surface area (Å²) in [6, 6.07) is 7.93. The number of para-hydroxylation sites is 1. The van der Waals surface area contributed by atoms with E-state index in [4.69, 9.17) is 9.26 Å². The molecule has 1 saturated heterocycles. The number of hydrogen-bond donors (Lipinski definition) is 1. The van der Waals surface area contributed by atoms with E-state index >= 15 is 0 Å². The lowest BCUT2D eigenvalue weighted by Crippen LogP contribution is -2.25. The van der Waals surface area contributed by atoms with E-state index in [1.54, 1.807) is 0 Å². The molecule has 4 nitrogen and oxygen atoms in total. The van der Waals surface area contributed by atoms with Crippen LogP contribution in [-0.2, 0) is 11.3 Å². The van der Waals surface area contributed by atoms with E-state index in [1.807, 2.05) is 24.3 Å². The number of ether oxygens (including phenoxy) is 1. The molecular formula is C13H16N2O2. The molecular weight excluding hydrogens is 216 g/mol. The molecule has 1 aromatic heterocycles. The number of aromatic nitrogens is 1. The van der Waals surface area contributed by atoms with Crippen molar-refractivity contribution in [1.82, 2.24) is 10.5 Å². The third-order valence-electron chi connectivity index (χ3n) is 3.14. The Balaban J connectivity index is 1.60. The maximum atomic E-state index is 5.55. The molecule has 2 aromatic rings. The molecule has 0 saturated carbocycles. The van der Waals surface area contributed by atoms with Gasteiger partial charge in [-0.15, -0.1) is 0 Å². The fourth-order valence-corrected chi connectivity index (χ4v) is 2.22. The fourth-order valence-electron chi connectivity index (χ4n) is 2.22. The predicted molar refractivity (Wildman–Crippen MR) is 64.7 cm³/mol. The Kier molecular flexibility index (Phi) is 3.07. The van der Waals surface area contributed by atoms with Crippen LogP contribution in [0.25, 0.3) is 11.0 Å². The molecule has 0 bridgehead atoms. The molecule has 17 heavy (non-hydrogen) atoms. The average molecular weight is 232 g/mol. The minimum atomic E-state index is 0.369. The molecule has 1 fully saturated rings. The SMILES string of the molecule is c1ccc2c(CNCC3CCCO3)noc2c1. The standard InChI is InChI=1S/C13H16N2O2/c1-2-6-13-11(5-1)12(15-17-13)9-14-8-10-4-3-7-16-10/h1-2,5-6,10,14H,3-4,7-9H2. The smallest absolute Gasteiger partial charge is 0.167 e. The highest BCUT2D eigenvalue weighted by Gasteiger charge is 2.15. The number of rotatable bonds is 4. The normalized spacial score (nSPS) is 20.1. The van der Waals surface area contributed by atoms with E-state index in [-0.39, 0.29) is 0 Å². The summed E-state index contributed by atoms with van der Waals surface area (Å²) in [4.78, 5) is 0. The predicted octanol–water partition coefficient (Wildman–Crippen LogP) is 2.10. The summed E-state index contributed by atoms with van der Waals surface area (Å²) in [7, 11) is 0. The van der Waals surface area contributed by atoms with Crippen molar-refractivity contribution in [3.8, 4) is 0 Å². The van der Waals surface area contributed by atoms with E-state index in [9.17, 15) is 0 Å². The minimum Gasteiger partial charge on any atom is -0.377 e. The molecule has 1 aliphatic rings. The summed E-state index contributed by atoms with van der Waals surface area (Å²) in [5, 5.41) is 8.55. The van der Waals surface area contributed by atoms with Crippen molar-refractivity contribution >= 4 is 11.0 Å². The Hall–Kier alpha value is -1.39. The van der Waals surface area contributed by atoms with Gasteiger partial charge in [-0.2, -0.15) is 0 Å². The monoisotopic (exact) mass is 232 g/mol. The third-order valence-corrected chi connectivity index (χ3v) is 3.14. The van der Waals surface area contributed by atoms with E-state index in [2.05, 4.69) is 10.5 Å². The lowest BCUT2D eigenvalue weighted by Gasteiger charge is -2.09. The van der Waals surface area contributed by atoms with Crippen LogP contribution in [0.15, 0.2) is 28.8 Å². The van der Waals surface area contributed by atoms with Crippen molar-refractivity contribution in [3.05, 3.63) is 30.0 Å². The number of nitrogens with one attached hydrogen (secondary N) is 1. The quantitative estimate of drug-likeness (QED) is 0.877. The van der Waals surface area contributed by atoms with Gasteiger partial charge in [-0.3, -0.25) is 0 Å². The van der Waals surface area contributed by atoms with Crippen LogP contribution in [0.3, 0.4) is 0 Å². The first-order chi connectivity index (χ1) is 8.43. The molecule has 4 heteroatoms. The summed E-state index contributed by atoms with van der Waals surface area (Å²) >= 11 is 0. The van der Waals surface area contributed by atoms with Crippen LogP contribution in [0.4, 0.5) is 0 Å². The van der Waals surface area contributed by atoms with Gasteiger partial charge in [0.05, 0.1) is 6.10 Å². The average Bonchev–Trinajstić information content (AvgIpc) is 2.99. The van der Waals surface area contributed by atoms with Gasteiger partial charge in [-0.05, 0) is 25.0 Å². The summed E-state index contributed by atoms with van der Waals surface area (Å²) in [5.74, 6) is 0. The zero-order chi connectivity index (χ0) is 11.5. The molecule has 1 aliphatic heterocycles. The van der Waals surface area contributed by atoms with Crippen LogP contribution < -0.4 is 5.32 Å². The van der Waals surface area contributed by atoms with Gasteiger partial charge in [0.15, 0.2) is 5.58 Å². The van der Waals surface area contributed by atoms with Crippen LogP contribution in [0.5, 0.6) is 0 Å². The van der Waals surface area contributed by atoms with Gasteiger partial charge < -0.3 is 14.6 Å². The number of benzene rings is 1. The summed E-state index contributed by atoms with van der Waals surface area (Å²) in [5.41, 5.74) is 1.82. The lowest BCUT2D eigenvalue weighted by atomic mass is 10.2.